The minimum atomic E-state index is -0.627. The van der Waals surface area contributed by atoms with Crippen LogP contribution >= 0.6 is 0 Å². The lowest BCUT2D eigenvalue weighted by Crippen LogP contribution is -2.52. The Balaban J connectivity index is 1.36. The molecule has 3 amide bonds. The molecule has 2 aliphatic rings. The summed E-state index contributed by atoms with van der Waals surface area (Å²) in [5.74, 6) is -0.883. The highest BCUT2D eigenvalue weighted by molar-refractivity contribution is 6.05. The zero-order valence-electron chi connectivity index (χ0n) is 17.9. The zero-order valence-corrected chi connectivity index (χ0v) is 17.9. The lowest BCUT2D eigenvalue weighted by Gasteiger charge is -2.29. The normalized spacial score (nSPS) is 18.2. The molecule has 0 radical (unpaired) electrons. The molecule has 2 aliphatic heterocycles. The van der Waals surface area contributed by atoms with E-state index in [-0.39, 0.29) is 18.2 Å². The van der Waals surface area contributed by atoms with Crippen LogP contribution in [-0.2, 0) is 23.2 Å². The molecule has 4 heterocycles. The summed E-state index contributed by atoms with van der Waals surface area (Å²) >= 11 is 0. The quantitative estimate of drug-likeness (QED) is 0.493. The number of aryl methyl sites for hydroxylation is 1. The maximum Gasteiger partial charge on any atom is 0.255 e. The second-order valence-electron chi connectivity index (χ2n) is 8.50. The number of hydrogen-bond acceptors (Lipinski definition) is 5. The van der Waals surface area contributed by atoms with Gasteiger partial charge in [0.05, 0.1) is 24.0 Å². The van der Waals surface area contributed by atoms with E-state index in [0.717, 1.165) is 39.0 Å². The molecular weight excluding hydrogens is 420 g/mol. The van der Waals surface area contributed by atoms with E-state index in [4.69, 9.17) is 4.42 Å². The first-order valence-corrected chi connectivity index (χ1v) is 10.8. The van der Waals surface area contributed by atoms with Crippen LogP contribution in [0.5, 0.6) is 0 Å². The van der Waals surface area contributed by atoms with Crippen molar-refractivity contribution in [1.29, 1.82) is 0 Å². The van der Waals surface area contributed by atoms with Gasteiger partial charge in [-0.05, 0) is 48.4 Å². The molecule has 1 N–H and O–H groups in total. The number of imide groups is 1. The number of imidazole rings is 1. The minimum absolute atomic E-state index is 0.183. The summed E-state index contributed by atoms with van der Waals surface area (Å²) in [5.41, 5.74) is 5.95. The van der Waals surface area contributed by atoms with Gasteiger partial charge in [-0.3, -0.25) is 19.7 Å². The van der Waals surface area contributed by atoms with Gasteiger partial charge in [-0.15, -0.1) is 0 Å². The fraction of sp³-hybridized carbons (Fsp3) is 0.200. The Labute approximate surface area is 188 Å². The van der Waals surface area contributed by atoms with Gasteiger partial charge in [0.15, 0.2) is 0 Å². The van der Waals surface area contributed by atoms with Gasteiger partial charge in [0.25, 0.3) is 5.91 Å². The second kappa shape index (κ2) is 7.16. The molecule has 2 aromatic heterocycles. The molecule has 1 atom stereocenters. The fourth-order valence-corrected chi connectivity index (χ4v) is 4.82. The van der Waals surface area contributed by atoms with Crippen molar-refractivity contribution in [3.05, 3.63) is 66.2 Å². The van der Waals surface area contributed by atoms with Crippen molar-refractivity contribution in [1.82, 2.24) is 19.8 Å². The molecule has 8 nitrogen and oxygen atoms in total. The molecule has 2 aromatic carbocycles. The van der Waals surface area contributed by atoms with Crippen molar-refractivity contribution in [3.8, 4) is 22.5 Å². The number of piperidine rings is 1. The number of carbonyl (C=O) groups is 3. The van der Waals surface area contributed by atoms with Crippen molar-refractivity contribution >= 4 is 28.7 Å². The number of benzene rings is 2. The summed E-state index contributed by atoms with van der Waals surface area (Å²) in [6, 6.07) is 13.0. The van der Waals surface area contributed by atoms with E-state index < -0.39 is 11.9 Å². The molecule has 1 unspecified atom stereocenters. The van der Waals surface area contributed by atoms with E-state index in [0.29, 0.717) is 18.5 Å². The predicted molar refractivity (Wildman–Crippen MR) is 120 cm³/mol. The summed E-state index contributed by atoms with van der Waals surface area (Å²) in [4.78, 5) is 43.0. The summed E-state index contributed by atoms with van der Waals surface area (Å²) < 4.78 is 7.44. The van der Waals surface area contributed by atoms with Crippen molar-refractivity contribution in [3.63, 3.8) is 0 Å². The van der Waals surface area contributed by atoms with Gasteiger partial charge in [0, 0.05) is 42.1 Å². The molecule has 0 bridgehead atoms. The molecule has 0 spiro atoms. The molecule has 4 aromatic rings. The lowest BCUT2D eigenvalue weighted by atomic mass is 10.00. The Bertz CT molecular complexity index is 1460. The SMILES string of the molecule is Cn1cnc(-c2ccc3c(c2)CN(C2CCC(=O)NC2=O)C3=O)c1-c1ccc2occc2c1. The third-order valence-electron chi connectivity index (χ3n) is 6.46. The summed E-state index contributed by atoms with van der Waals surface area (Å²) in [7, 11) is 1.95. The molecule has 0 aliphatic carbocycles. The number of aromatic nitrogens is 2. The Hall–Kier alpha value is -4.20. The monoisotopic (exact) mass is 440 g/mol. The van der Waals surface area contributed by atoms with E-state index >= 15 is 0 Å². The molecule has 6 rings (SSSR count). The Morgan fingerprint density at radius 2 is 1.91 bits per heavy atom. The van der Waals surface area contributed by atoms with Gasteiger partial charge in [-0.2, -0.15) is 0 Å². The highest BCUT2D eigenvalue weighted by atomic mass is 16.3. The second-order valence-corrected chi connectivity index (χ2v) is 8.50. The van der Waals surface area contributed by atoms with E-state index in [2.05, 4.69) is 16.4 Å². The van der Waals surface area contributed by atoms with Crippen LogP contribution in [0.1, 0.15) is 28.8 Å². The van der Waals surface area contributed by atoms with Crippen LogP contribution in [0.3, 0.4) is 0 Å². The molecule has 164 valence electrons. The average Bonchev–Trinajstić information content (AvgIpc) is 3.50. The van der Waals surface area contributed by atoms with Gasteiger partial charge in [0.2, 0.25) is 11.8 Å². The lowest BCUT2D eigenvalue weighted by molar-refractivity contribution is -0.136. The molecule has 0 saturated carbocycles. The zero-order chi connectivity index (χ0) is 22.7. The molecule has 33 heavy (non-hydrogen) atoms. The van der Waals surface area contributed by atoms with E-state index in [1.54, 1.807) is 23.6 Å². The molecule has 1 fully saturated rings. The number of nitrogens with zero attached hydrogens (tertiary/aromatic N) is 3. The van der Waals surface area contributed by atoms with Crippen LogP contribution in [0.15, 0.2) is 59.5 Å². The average molecular weight is 440 g/mol. The Kier molecular flexibility index (Phi) is 4.23. The highest BCUT2D eigenvalue weighted by Crippen LogP contribution is 2.36. The fourth-order valence-electron chi connectivity index (χ4n) is 4.82. The van der Waals surface area contributed by atoms with Gasteiger partial charge in [0.1, 0.15) is 11.6 Å². The van der Waals surface area contributed by atoms with Crippen molar-refractivity contribution in [2.24, 2.45) is 7.05 Å². The summed E-state index contributed by atoms with van der Waals surface area (Å²) in [6.07, 6.45) is 4.03. The number of furan rings is 1. The largest absolute Gasteiger partial charge is 0.464 e. The van der Waals surface area contributed by atoms with Crippen molar-refractivity contribution in [2.75, 3.05) is 0 Å². The Morgan fingerprint density at radius 3 is 2.76 bits per heavy atom. The number of amides is 3. The Morgan fingerprint density at radius 1 is 1.06 bits per heavy atom. The smallest absolute Gasteiger partial charge is 0.255 e. The van der Waals surface area contributed by atoms with Crippen LogP contribution in [0.25, 0.3) is 33.5 Å². The minimum Gasteiger partial charge on any atom is -0.464 e. The number of hydrogen-bond donors (Lipinski definition) is 1. The summed E-state index contributed by atoms with van der Waals surface area (Å²) in [5, 5.41) is 3.35. The number of rotatable bonds is 3. The van der Waals surface area contributed by atoms with Gasteiger partial charge < -0.3 is 13.9 Å². The first-order chi connectivity index (χ1) is 16.0. The standard InChI is InChI=1S/C25H20N4O4/c1-28-13-26-22(23(28)16-3-6-20-14(10-16)8-9-33-20)15-2-4-18-17(11-15)12-29(25(18)32)19-5-7-21(30)27-24(19)31/h2-4,6,8-11,13,19H,5,7,12H2,1H3,(H,27,30,31). The van der Waals surface area contributed by atoms with E-state index in [9.17, 15) is 14.4 Å². The van der Waals surface area contributed by atoms with E-state index in [1.165, 1.54) is 0 Å². The van der Waals surface area contributed by atoms with Crippen molar-refractivity contribution in [2.45, 2.75) is 25.4 Å². The topological polar surface area (TPSA) is 97.4 Å². The first-order valence-electron chi connectivity index (χ1n) is 10.8. The number of carbonyl (C=O) groups excluding carboxylic acids is 3. The van der Waals surface area contributed by atoms with Gasteiger partial charge in [-0.25, -0.2) is 4.98 Å². The highest BCUT2D eigenvalue weighted by Gasteiger charge is 2.39. The molecular formula is C25H20N4O4. The van der Waals surface area contributed by atoms with Crippen LogP contribution in [0, 0.1) is 0 Å². The maximum absolute atomic E-state index is 13.0. The molecule has 1 saturated heterocycles. The maximum atomic E-state index is 13.0. The van der Waals surface area contributed by atoms with Gasteiger partial charge in [-0.1, -0.05) is 6.07 Å². The third-order valence-corrected chi connectivity index (χ3v) is 6.46. The van der Waals surface area contributed by atoms with Crippen LogP contribution in [0.4, 0.5) is 0 Å². The van der Waals surface area contributed by atoms with Gasteiger partial charge >= 0.3 is 0 Å². The first kappa shape index (κ1) is 19.5. The summed E-state index contributed by atoms with van der Waals surface area (Å²) in [6.45, 7) is 0.331. The van der Waals surface area contributed by atoms with Crippen LogP contribution in [0.2, 0.25) is 0 Å². The third kappa shape index (κ3) is 3.06. The van der Waals surface area contributed by atoms with Crippen molar-refractivity contribution < 1.29 is 18.8 Å². The number of nitrogens with one attached hydrogen (secondary N) is 1. The predicted octanol–water partition coefficient (Wildman–Crippen LogP) is 3.26. The number of fused-ring (bicyclic) bond motifs is 2. The van der Waals surface area contributed by atoms with E-state index in [1.807, 2.05) is 41.9 Å². The van der Waals surface area contributed by atoms with Crippen LogP contribution < -0.4 is 5.32 Å². The molecule has 8 heteroatoms. The van der Waals surface area contributed by atoms with Crippen LogP contribution in [-0.4, -0.2) is 38.2 Å².